The van der Waals surface area contributed by atoms with Gasteiger partial charge in [0.15, 0.2) is 12.3 Å². The number of nitriles is 1. The summed E-state index contributed by atoms with van der Waals surface area (Å²) in [5.74, 6) is 1.07. The van der Waals surface area contributed by atoms with Crippen molar-refractivity contribution >= 4 is 17.2 Å². The van der Waals surface area contributed by atoms with E-state index in [0.29, 0.717) is 13.1 Å². The van der Waals surface area contributed by atoms with E-state index in [9.17, 15) is 10.1 Å². The van der Waals surface area contributed by atoms with Crippen LogP contribution >= 0.6 is 11.3 Å². The van der Waals surface area contributed by atoms with Crippen LogP contribution in [0.4, 0.5) is 0 Å². The number of thiophene rings is 1. The maximum Gasteiger partial charge on any atom is 0.276 e. The molecule has 1 fully saturated rings. The topological polar surface area (TPSA) is 70.5 Å². The summed E-state index contributed by atoms with van der Waals surface area (Å²) in [5.41, 5.74) is -0.740. The number of carbonyl (C=O) groups excluding carboxylic acids is 1. The van der Waals surface area contributed by atoms with Gasteiger partial charge in [0.1, 0.15) is 18.6 Å². The van der Waals surface area contributed by atoms with Crippen molar-refractivity contribution in [3.63, 3.8) is 0 Å². The largest absolute Gasteiger partial charge is 0.463 e. The van der Waals surface area contributed by atoms with E-state index in [4.69, 9.17) is 4.42 Å². The monoisotopic (exact) mass is 344 g/mol. The van der Waals surface area contributed by atoms with Crippen LogP contribution in [0, 0.1) is 17.2 Å². The van der Waals surface area contributed by atoms with Crippen molar-refractivity contribution in [2.75, 3.05) is 6.54 Å². The Labute approximate surface area is 145 Å². The summed E-state index contributed by atoms with van der Waals surface area (Å²) in [6.07, 6.45) is 3.68. The summed E-state index contributed by atoms with van der Waals surface area (Å²) in [7, 11) is 0. The van der Waals surface area contributed by atoms with Crippen LogP contribution in [0.1, 0.15) is 30.4 Å². The Morgan fingerprint density at radius 3 is 2.88 bits per heavy atom. The van der Waals surface area contributed by atoms with Crippen LogP contribution in [-0.4, -0.2) is 18.0 Å². The van der Waals surface area contributed by atoms with Gasteiger partial charge in [0.25, 0.3) is 5.91 Å². The van der Waals surface area contributed by atoms with E-state index in [1.54, 1.807) is 17.6 Å². The van der Waals surface area contributed by atoms with Crippen LogP contribution in [0.2, 0.25) is 0 Å². The van der Waals surface area contributed by atoms with Gasteiger partial charge in [-0.3, -0.25) is 4.79 Å². The SMILES string of the molecule is C[C@](C#N)(NC(=O)C[NH+](Cc1ccco1)Cc1cccs1)C1CC1. The smallest absolute Gasteiger partial charge is 0.276 e. The summed E-state index contributed by atoms with van der Waals surface area (Å²) in [4.78, 5) is 14.8. The molecule has 1 aliphatic carbocycles. The van der Waals surface area contributed by atoms with Crippen molar-refractivity contribution in [1.29, 1.82) is 5.26 Å². The lowest BCUT2D eigenvalue weighted by Gasteiger charge is -2.24. The molecule has 5 nitrogen and oxygen atoms in total. The van der Waals surface area contributed by atoms with Gasteiger partial charge in [-0.15, -0.1) is 11.3 Å². The second kappa shape index (κ2) is 7.20. The molecule has 1 unspecified atom stereocenters. The van der Waals surface area contributed by atoms with Crippen molar-refractivity contribution < 1.29 is 14.1 Å². The molecule has 3 rings (SSSR count). The van der Waals surface area contributed by atoms with Gasteiger partial charge < -0.3 is 14.6 Å². The lowest BCUT2D eigenvalue weighted by molar-refractivity contribution is -0.920. The number of furan rings is 1. The van der Waals surface area contributed by atoms with E-state index in [2.05, 4.69) is 17.5 Å². The summed E-state index contributed by atoms with van der Waals surface area (Å²) >= 11 is 1.69. The number of amides is 1. The van der Waals surface area contributed by atoms with Gasteiger partial charge in [0.2, 0.25) is 0 Å². The number of nitrogens with zero attached hydrogens (tertiary/aromatic N) is 1. The molecule has 0 bridgehead atoms. The molecule has 1 amide bonds. The second-order valence-electron chi connectivity index (χ2n) is 6.58. The van der Waals surface area contributed by atoms with Gasteiger partial charge in [-0.2, -0.15) is 5.26 Å². The minimum atomic E-state index is -0.740. The Bertz CT molecular complexity index is 665. The van der Waals surface area contributed by atoms with Gasteiger partial charge in [-0.1, -0.05) is 6.07 Å². The molecule has 2 N–H and O–H groups in total. The molecule has 126 valence electrons. The first kappa shape index (κ1) is 16.7. The van der Waals surface area contributed by atoms with Gasteiger partial charge in [0.05, 0.1) is 17.2 Å². The predicted octanol–water partition coefficient (Wildman–Crippen LogP) is 1.73. The Kier molecular flexibility index (Phi) is 5.03. The lowest BCUT2D eigenvalue weighted by atomic mass is 9.98. The molecule has 0 radical (unpaired) electrons. The fourth-order valence-corrected chi connectivity index (χ4v) is 3.73. The first-order valence-corrected chi connectivity index (χ1v) is 9.07. The number of nitrogens with one attached hydrogen (secondary N) is 2. The number of rotatable bonds is 8. The van der Waals surface area contributed by atoms with E-state index in [0.717, 1.165) is 30.0 Å². The molecule has 2 atom stereocenters. The maximum absolute atomic E-state index is 12.5. The third-order valence-corrected chi connectivity index (χ3v) is 5.32. The zero-order chi connectivity index (χ0) is 17.0. The Hall–Kier alpha value is -2.10. The van der Waals surface area contributed by atoms with Crippen molar-refractivity contribution in [3.05, 3.63) is 46.5 Å². The van der Waals surface area contributed by atoms with Crippen LogP contribution in [0.15, 0.2) is 40.3 Å². The Morgan fingerprint density at radius 2 is 2.29 bits per heavy atom. The molecule has 1 saturated carbocycles. The molecule has 0 saturated heterocycles. The maximum atomic E-state index is 12.5. The number of carbonyl (C=O) groups is 1. The van der Waals surface area contributed by atoms with E-state index in [1.807, 2.05) is 30.5 Å². The molecular formula is C18H22N3O2S+. The lowest BCUT2D eigenvalue weighted by Crippen LogP contribution is -3.10. The fourth-order valence-electron chi connectivity index (χ4n) is 2.95. The van der Waals surface area contributed by atoms with E-state index < -0.39 is 5.54 Å². The number of quaternary nitrogens is 1. The predicted molar refractivity (Wildman–Crippen MR) is 91.1 cm³/mol. The van der Waals surface area contributed by atoms with Crippen molar-refractivity contribution in [2.24, 2.45) is 5.92 Å². The first-order valence-electron chi connectivity index (χ1n) is 8.19. The van der Waals surface area contributed by atoms with Gasteiger partial charge in [-0.25, -0.2) is 0 Å². The molecule has 1 aliphatic rings. The van der Waals surface area contributed by atoms with E-state index in [-0.39, 0.29) is 11.8 Å². The standard InChI is InChI=1S/C18H21N3O2S/c1-18(13-19,14-6-7-14)20-17(22)12-21(10-15-4-2-8-23-15)11-16-5-3-9-24-16/h2-5,8-9,14H,6-7,10-12H2,1H3,(H,20,22)/p+1/t18-/m1/s1. The van der Waals surface area contributed by atoms with Crippen LogP contribution in [-0.2, 0) is 17.9 Å². The second-order valence-corrected chi connectivity index (χ2v) is 7.61. The highest BCUT2D eigenvalue weighted by Gasteiger charge is 2.43. The minimum Gasteiger partial charge on any atom is -0.463 e. The van der Waals surface area contributed by atoms with E-state index >= 15 is 0 Å². The summed E-state index contributed by atoms with van der Waals surface area (Å²) in [6, 6.07) is 10.2. The van der Waals surface area contributed by atoms with Crippen LogP contribution < -0.4 is 10.2 Å². The van der Waals surface area contributed by atoms with E-state index in [1.165, 1.54) is 4.88 Å². The summed E-state index contributed by atoms with van der Waals surface area (Å²) in [6.45, 7) is 3.56. The number of hydrogen-bond acceptors (Lipinski definition) is 4. The third kappa shape index (κ3) is 4.25. The quantitative estimate of drug-likeness (QED) is 0.766. The molecule has 0 spiro atoms. The fraction of sp³-hybridized carbons (Fsp3) is 0.444. The highest BCUT2D eigenvalue weighted by molar-refractivity contribution is 7.09. The highest BCUT2D eigenvalue weighted by Crippen LogP contribution is 2.39. The van der Waals surface area contributed by atoms with Crippen LogP contribution in [0.25, 0.3) is 0 Å². The normalized spacial score (nSPS) is 17.7. The minimum absolute atomic E-state index is 0.0796. The third-order valence-electron chi connectivity index (χ3n) is 4.44. The number of hydrogen-bond donors (Lipinski definition) is 2. The summed E-state index contributed by atoms with van der Waals surface area (Å²) in [5, 5.41) is 14.4. The molecule has 0 aliphatic heterocycles. The Morgan fingerprint density at radius 1 is 1.46 bits per heavy atom. The molecule has 2 aromatic heterocycles. The summed E-state index contributed by atoms with van der Waals surface area (Å²) < 4.78 is 5.43. The molecular weight excluding hydrogens is 322 g/mol. The zero-order valence-electron chi connectivity index (χ0n) is 13.7. The molecule has 0 aromatic carbocycles. The van der Waals surface area contributed by atoms with Gasteiger partial charge >= 0.3 is 0 Å². The van der Waals surface area contributed by atoms with Gasteiger partial charge in [0, 0.05) is 0 Å². The molecule has 24 heavy (non-hydrogen) atoms. The van der Waals surface area contributed by atoms with Gasteiger partial charge in [-0.05, 0) is 49.3 Å². The van der Waals surface area contributed by atoms with Crippen LogP contribution in [0.3, 0.4) is 0 Å². The molecule has 2 heterocycles. The van der Waals surface area contributed by atoms with Crippen LogP contribution in [0.5, 0.6) is 0 Å². The van der Waals surface area contributed by atoms with Crippen molar-refractivity contribution in [3.8, 4) is 6.07 Å². The highest BCUT2D eigenvalue weighted by atomic mass is 32.1. The average molecular weight is 344 g/mol. The first-order chi connectivity index (χ1) is 11.6. The van der Waals surface area contributed by atoms with Crippen molar-refractivity contribution in [1.82, 2.24) is 5.32 Å². The van der Waals surface area contributed by atoms with Crippen molar-refractivity contribution in [2.45, 2.75) is 38.4 Å². The zero-order valence-corrected chi connectivity index (χ0v) is 14.6. The molecule has 2 aromatic rings. The molecule has 6 heteroatoms. The average Bonchev–Trinajstić information content (AvgIpc) is 3.07. The Balaban J connectivity index is 1.64.